The lowest BCUT2D eigenvalue weighted by molar-refractivity contribution is -0.140. The Morgan fingerprint density at radius 2 is 1.32 bits per heavy atom. The summed E-state index contributed by atoms with van der Waals surface area (Å²) in [5, 5.41) is 17.8. The first-order chi connectivity index (χ1) is 21.3. The average molecular weight is 631 g/mol. The number of carboxylic acids is 2. The lowest BCUT2D eigenvalue weighted by Gasteiger charge is -2.08. The molecule has 0 bridgehead atoms. The Hall–Kier alpha value is -4.66. The van der Waals surface area contributed by atoms with Crippen molar-refractivity contribution in [2.45, 2.75) is 11.8 Å². The first-order valence-electron chi connectivity index (χ1n) is 13.7. The van der Waals surface area contributed by atoms with Crippen molar-refractivity contribution >= 4 is 47.5 Å². The van der Waals surface area contributed by atoms with E-state index in [1.807, 2.05) is 49.4 Å². The van der Waals surface area contributed by atoms with Crippen LogP contribution in [0.5, 0.6) is 17.2 Å². The largest absolute Gasteiger partial charge is 0.488 e. The molecule has 4 aromatic carbocycles. The van der Waals surface area contributed by atoms with Gasteiger partial charge in [0.25, 0.3) is 0 Å². The highest BCUT2D eigenvalue weighted by Crippen LogP contribution is 2.29. The molecule has 9 heteroatoms. The Bertz CT molecular complexity index is 1630. The van der Waals surface area contributed by atoms with Gasteiger partial charge in [-0.2, -0.15) is 0 Å². The Kier molecular flexibility index (Phi) is 11.9. The molecule has 0 spiro atoms. The number of aryl methyl sites for hydroxylation is 1. The van der Waals surface area contributed by atoms with E-state index >= 15 is 0 Å². The summed E-state index contributed by atoms with van der Waals surface area (Å²) >= 11 is 7.91. The van der Waals surface area contributed by atoms with E-state index in [1.165, 1.54) is 6.07 Å². The number of benzene rings is 4. The van der Waals surface area contributed by atoms with Crippen molar-refractivity contribution in [2.24, 2.45) is 0 Å². The summed E-state index contributed by atoms with van der Waals surface area (Å²) in [7, 11) is 0. The van der Waals surface area contributed by atoms with Gasteiger partial charge >= 0.3 is 11.9 Å². The molecule has 0 aromatic heterocycles. The number of hydrogen-bond acceptors (Lipinski definition) is 6. The average Bonchev–Trinajstić information content (AvgIpc) is 3.01. The highest BCUT2D eigenvalue weighted by molar-refractivity contribution is 7.99. The first-order valence-corrected chi connectivity index (χ1v) is 15.0. The third-order valence-corrected chi connectivity index (χ3v) is 7.46. The molecule has 0 saturated heterocycles. The zero-order chi connectivity index (χ0) is 31.3. The molecule has 0 atom stereocenters. The van der Waals surface area contributed by atoms with Gasteiger partial charge in [0.15, 0.2) is 13.2 Å². The molecule has 7 nitrogen and oxygen atoms in total. The van der Waals surface area contributed by atoms with Crippen LogP contribution in [0.4, 0.5) is 0 Å². The van der Waals surface area contributed by atoms with E-state index in [1.54, 1.807) is 23.9 Å². The van der Waals surface area contributed by atoms with Gasteiger partial charge in [-0.25, -0.2) is 9.59 Å². The van der Waals surface area contributed by atoms with Gasteiger partial charge in [-0.1, -0.05) is 78.4 Å². The molecule has 4 aromatic rings. The molecule has 2 N–H and O–H groups in total. The molecule has 0 aliphatic carbocycles. The monoisotopic (exact) mass is 630 g/mol. The highest BCUT2D eigenvalue weighted by atomic mass is 35.5. The maximum atomic E-state index is 10.7. The van der Waals surface area contributed by atoms with Crippen molar-refractivity contribution in [2.75, 3.05) is 25.6 Å². The summed E-state index contributed by atoms with van der Waals surface area (Å²) in [6.45, 7) is 1.44. The van der Waals surface area contributed by atoms with Crippen molar-refractivity contribution < 1.29 is 34.0 Å². The van der Waals surface area contributed by atoms with E-state index < -0.39 is 18.5 Å². The Morgan fingerprint density at radius 1 is 0.727 bits per heavy atom. The second-order valence-electron chi connectivity index (χ2n) is 9.56. The SMILES string of the molecule is Cc1cc(SCC=Cc2ccc(-c3ccc(C=CCOc4ccc(OCC(=O)O)cc4Cl)cc3)cc2)ccc1OCC(=O)O. The van der Waals surface area contributed by atoms with E-state index in [-0.39, 0.29) is 6.61 Å². The van der Waals surface area contributed by atoms with Gasteiger partial charge in [-0.05, 0) is 71.1 Å². The summed E-state index contributed by atoms with van der Waals surface area (Å²) in [5.74, 6) is 0.188. The van der Waals surface area contributed by atoms with E-state index in [0.717, 1.165) is 38.5 Å². The van der Waals surface area contributed by atoms with Crippen LogP contribution in [0.3, 0.4) is 0 Å². The Morgan fingerprint density at radius 3 is 1.91 bits per heavy atom. The van der Waals surface area contributed by atoms with Gasteiger partial charge in [-0.3, -0.25) is 0 Å². The van der Waals surface area contributed by atoms with Gasteiger partial charge in [0.2, 0.25) is 0 Å². The summed E-state index contributed by atoms with van der Waals surface area (Å²) in [6, 6.07) is 27.2. The third kappa shape index (κ3) is 10.3. The fourth-order valence-corrected chi connectivity index (χ4v) is 5.10. The summed E-state index contributed by atoms with van der Waals surface area (Å²) < 4.78 is 16.1. The quantitative estimate of drug-likeness (QED) is 0.127. The normalized spacial score (nSPS) is 11.1. The Labute approximate surface area is 265 Å². The lowest BCUT2D eigenvalue weighted by atomic mass is 10.0. The van der Waals surface area contributed by atoms with Gasteiger partial charge in [0, 0.05) is 16.7 Å². The topological polar surface area (TPSA) is 102 Å². The van der Waals surface area contributed by atoms with E-state index in [0.29, 0.717) is 28.9 Å². The second kappa shape index (κ2) is 16.3. The maximum Gasteiger partial charge on any atom is 0.341 e. The molecule has 44 heavy (non-hydrogen) atoms. The maximum absolute atomic E-state index is 10.7. The molecule has 0 aliphatic heterocycles. The summed E-state index contributed by atoms with van der Waals surface area (Å²) in [6.07, 6.45) is 8.08. The molecule has 0 amide bonds. The molecule has 0 saturated carbocycles. The lowest BCUT2D eigenvalue weighted by Crippen LogP contribution is -2.09. The first kappa shape index (κ1) is 32.3. The van der Waals surface area contributed by atoms with Gasteiger partial charge < -0.3 is 24.4 Å². The van der Waals surface area contributed by atoms with Crippen molar-refractivity contribution in [3.05, 3.63) is 119 Å². The third-order valence-electron chi connectivity index (χ3n) is 6.22. The minimum atomic E-state index is -1.06. The van der Waals surface area contributed by atoms with Crippen LogP contribution in [0.1, 0.15) is 16.7 Å². The highest BCUT2D eigenvalue weighted by Gasteiger charge is 2.06. The molecular weight excluding hydrogens is 600 g/mol. The number of carbonyl (C=O) groups is 2. The zero-order valence-electron chi connectivity index (χ0n) is 23.9. The van der Waals surface area contributed by atoms with Crippen molar-refractivity contribution in [3.8, 4) is 28.4 Å². The van der Waals surface area contributed by atoms with Crippen molar-refractivity contribution in [1.82, 2.24) is 0 Å². The predicted molar refractivity (Wildman–Crippen MR) is 175 cm³/mol. The number of halogens is 1. The summed E-state index contributed by atoms with van der Waals surface area (Å²) in [4.78, 5) is 22.4. The van der Waals surface area contributed by atoms with Crippen molar-refractivity contribution in [3.63, 3.8) is 0 Å². The van der Waals surface area contributed by atoms with E-state index in [2.05, 4.69) is 48.6 Å². The van der Waals surface area contributed by atoms with E-state index in [4.69, 9.17) is 36.0 Å². The van der Waals surface area contributed by atoms with Crippen LogP contribution in [0, 0.1) is 6.92 Å². The molecule has 0 heterocycles. The molecule has 226 valence electrons. The van der Waals surface area contributed by atoms with Crippen LogP contribution in [0.2, 0.25) is 5.02 Å². The number of ether oxygens (including phenoxy) is 3. The molecule has 0 radical (unpaired) electrons. The fourth-order valence-electron chi connectivity index (χ4n) is 4.07. The zero-order valence-corrected chi connectivity index (χ0v) is 25.5. The number of hydrogen-bond donors (Lipinski definition) is 2. The number of rotatable bonds is 15. The number of aliphatic carboxylic acids is 2. The van der Waals surface area contributed by atoms with Gasteiger partial charge in [0.05, 0.1) is 5.02 Å². The van der Waals surface area contributed by atoms with Crippen molar-refractivity contribution in [1.29, 1.82) is 0 Å². The van der Waals surface area contributed by atoms with E-state index in [9.17, 15) is 9.59 Å². The van der Waals surface area contributed by atoms with Crippen LogP contribution < -0.4 is 14.2 Å². The number of carboxylic acid groups (broad SMARTS) is 2. The molecule has 0 fully saturated rings. The minimum absolute atomic E-state index is 0.319. The summed E-state index contributed by atoms with van der Waals surface area (Å²) in [5.41, 5.74) is 5.31. The molecule has 0 unspecified atom stereocenters. The smallest absolute Gasteiger partial charge is 0.341 e. The van der Waals surface area contributed by atoms with Crippen LogP contribution in [0.25, 0.3) is 23.3 Å². The van der Waals surface area contributed by atoms with Crippen LogP contribution in [-0.4, -0.2) is 47.7 Å². The van der Waals surface area contributed by atoms with Crippen LogP contribution >= 0.6 is 23.4 Å². The molecule has 0 aliphatic rings. The second-order valence-corrected chi connectivity index (χ2v) is 11.1. The predicted octanol–water partition coefficient (Wildman–Crippen LogP) is 8.14. The fraction of sp³-hybridized carbons (Fsp3) is 0.143. The minimum Gasteiger partial charge on any atom is -0.488 e. The van der Waals surface area contributed by atoms with Gasteiger partial charge in [-0.15, -0.1) is 11.8 Å². The van der Waals surface area contributed by atoms with Crippen LogP contribution in [-0.2, 0) is 9.59 Å². The molecule has 4 rings (SSSR count). The number of thioether (sulfide) groups is 1. The van der Waals surface area contributed by atoms with Gasteiger partial charge in [0.1, 0.15) is 23.9 Å². The standard InChI is InChI=1S/C35H31ClO7S/c1-24-20-30(15-17-32(24)43-23-35(39)40)44-19-3-5-26-8-12-28(13-9-26)27-10-6-25(7-11-27)4-2-18-41-33-16-14-29(21-31(33)36)42-22-34(37)38/h2-17,20-21H,18-19,22-23H2,1H3,(H,37,38)(H,39,40). The van der Waals surface area contributed by atoms with Crippen LogP contribution in [0.15, 0.2) is 102 Å². The molecular formula is C35H31ClO7S. The Balaban J connectivity index is 1.22.